The number of carboxylic acid groups (broad SMARTS) is 1. The number of aliphatic carboxylic acids is 1. The van der Waals surface area contributed by atoms with E-state index in [0.29, 0.717) is 5.56 Å². The van der Waals surface area contributed by atoms with Crippen molar-refractivity contribution in [3.8, 4) is 5.75 Å². The Morgan fingerprint density at radius 2 is 2.00 bits per heavy atom. The minimum Gasteiger partial charge on any atom is -0.488 e. The zero-order valence-electron chi connectivity index (χ0n) is 9.53. The fourth-order valence-corrected chi connectivity index (χ4v) is 1.28. The molecule has 0 saturated carbocycles. The lowest BCUT2D eigenvalue weighted by Crippen LogP contribution is -2.10. The van der Waals surface area contributed by atoms with E-state index in [1.165, 1.54) is 19.1 Å². The third-order valence-electron chi connectivity index (χ3n) is 2.19. The summed E-state index contributed by atoms with van der Waals surface area (Å²) in [5.41, 5.74) is 0.432. The van der Waals surface area contributed by atoms with Gasteiger partial charge in [-0.2, -0.15) is 0 Å². The first-order valence-electron chi connectivity index (χ1n) is 5.10. The summed E-state index contributed by atoms with van der Waals surface area (Å²) in [5, 5.41) is 8.79. The van der Waals surface area contributed by atoms with Crippen LogP contribution in [0.2, 0.25) is 0 Å². The van der Waals surface area contributed by atoms with Gasteiger partial charge in [-0.15, -0.1) is 0 Å². The van der Waals surface area contributed by atoms with E-state index >= 15 is 0 Å². The molecule has 0 aliphatic carbocycles. The van der Waals surface area contributed by atoms with Crippen LogP contribution >= 0.6 is 0 Å². The third kappa shape index (κ3) is 2.95. The molecule has 0 saturated heterocycles. The number of carbonyl (C=O) groups is 1. The molecule has 0 radical (unpaired) electrons. The third-order valence-corrected chi connectivity index (χ3v) is 2.19. The number of carboxylic acids is 1. The Bertz CT molecular complexity index is 388. The molecule has 0 spiro atoms. The molecule has 0 aliphatic rings. The average Bonchev–Trinajstić information content (AvgIpc) is 2.19. The topological polar surface area (TPSA) is 46.5 Å². The molecule has 88 valence electrons. The van der Waals surface area contributed by atoms with Crippen LogP contribution in [-0.4, -0.2) is 17.2 Å². The van der Waals surface area contributed by atoms with Gasteiger partial charge in [0.05, 0.1) is 12.0 Å². The second-order valence-corrected chi connectivity index (χ2v) is 3.92. The highest BCUT2D eigenvalue weighted by atomic mass is 19.1. The van der Waals surface area contributed by atoms with Gasteiger partial charge in [0.15, 0.2) is 11.6 Å². The van der Waals surface area contributed by atoms with Crippen molar-refractivity contribution in [2.45, 2.75) is 32.8 Å². The van der Waals surface area contributed by atoms with E-state index in [9.17, 15) is 9.18 Å². The first-order chi connectivity index (χ1) is 7.41. The highest BCUT2D eigenvalue weighted by Crippen LogP contribution is 2.24. The van der Waals surface area contributed by atoms with Gasteiger partial charge in [0.1, 0.15) is 0 Å². The van der Waals surface area contributed by atoms with Gasteiger partial charge < -0.3 is 9.84 Å². The second-order valence-electron chi connectivity index (χ2n) is 3.92. The normalized spacial score (nSPS) is 12.6. The highest BCUT2D eigenvalue weighted by Gasteiger charge is 2.16. The molecule has 0 amide bonds. The molecule has 0 bridgehead atoms. The van der Waals surface area contributed by atoms with Crippen molar-refractivity contribution in [2.24, 2.45) is 0 Å². The fraction of sp³-hybridized carbons (Fsp3) is 0.417. The van der Waals surface area contributed by atoms with E-state index < -0.39 is 17.7 Å². The largest absolute Gasteiger partial charge is 0.488 e. The molecule has 0 aromatic heterocycles. The summed E-state index contributed by atoms with van der Waals surface area (Å²) in [7, 11) is 0. The van der Waals surface area contributed by atoms with Crippen LogP contribution in [0.3, 0.4) is 0 Å². The van der Waals surface area contributed by atoms with E-state index in [1.54, 1.807) is 19.9 Å². The Hall–Kier alpha value is -1.58. The number of ether oxygens (including phenoxy) is 1. The van der Waals surface area contributed by atoms with Crippen LogP contribution in [-0.2, 0) is 4.79 Å². The Morgan fingerprint density at radius 1 is 1.38 bits per heavy atom. The van der Waals surface area contributed by atoms with Crippen LogP contribution in [0.15, 0.2) is 18.2 Å². The molecule has 3 nitrogen and oxygen atoms in total. The van der Waals surface area contributed by atoms with Crippen LogP contribution in [0.25, 0.3) is 0 Å². The minimum atomic E-state index is -0.975. The predicted molar refractivity (Wildman–Crippen MR) is 58.2 cm³/mol. The molecule has 0 heterocycles. The predicted octanol–water partition coefficient (Wildman–Crippen LogP) is 2.80. The molecule has 16 heavy (non-hydrogen) atoms. The molecule has 1 aromatic carbocycles. The average molecular weight is 226 g/mol. The molecule has 0 aliphatic heterocycles. The van der Waals surface area contributed by atoms with Crippen molar-refractivity contribution in [3.63, 3.8) is 0 Å². The molecular formula is C12H15FO3. The summed E-state index contributed by atoms with van der Waals surface area (Å²) in [6.45, 7) is 5.11. The molecule has 4 heteroatoms. The van der Waals surface area contributed by atoms with Gasteiger partial charge in [-0.05, 0) is 38.5 Å². The Balaban J connectivity index is 2.95. The Kier molecular flexibility index (Phi) is 3.88. The summed E-state index contributed by atoms with van der Waals surface area (Å²) >= 11 is 0. The zero-order valence-corrected chi connectivity index (χ0v) is 9.53. The van der Waals surface area contributed by atoms with Gasteiger partial charge in [-0.1, -0.05) is 6.07 Å². The first-order valence-corrected chi connectivity index (χ1v) is 5.10. The summed E-state index contributed by atoms with van der Waals surface area (Å²) < 4.78 is 18.7. The zero-order chi connectivity index (χ0) is 12.3. The van der Waals surface area contributed by atoms with Crippen molar-refractivity contribution in [1.29, 1.82) is 0 Å². The molecule has 1 unspecified atom stereocenters. The Morgan fingerprint density at radius 3 is 2.44 bits per heavy atom. The maximum Gasteiger partial charge on any atom is 0.310 e. The van der Waals surface area contributed by atoms with Crippen molar-refractivity contribution >= 4 is 5.97 Å². The van der Waals surface area contributed by atoms with Gasteiger partial charge in [0, 0.05) is 0 Å². The standard InChI is InChI=1S/C12H15FO3/c1-7(2)16-11-5-4-9(6-10(11)13)8(3)12(14)15/h4-8H,1-3H3,(H,14,15). The number of benzene rings is 1. The van der Waals surface area contributed by atoms with Crippen molar-refractivity contribution in [2.75, 3.05) is 0 Å². The van der Waals surface area contributed by atoms with Crippen LogP contribution in [0.4, 0.5) is 4.39 Å². The molecule has 1 N–H and O–H groups in total. The number of hydrogen-bond acceptors (Lipinski definition) is 2. The maximum atomic E-state index is 13.5. The lowest BCUT2D eigenvalue weighted by molar-refractivity contribution is -0.138. The summed E-state index contributed by atoms with van der Waals surface area (Å²) in [6, 6.07) is 4.24. The van der Waals surface area contributed by atoms with Gasteiger partial charge in [-0.25, -0.2) is 4.39 Å². The molecule has 1 rings (SSSR count). The molecule has 0 fully saturated rings. The lowest BCUT2D eigenvalue weighted by Gasteiger charge is -2.12. The number of rotatable bonds is 4. The van der Waals surface area contributed by atoms with Crippen LogP contribution < -0.4 is 4.74 Å². The SMILES string of the molecule is CC(C)Oc1ccc(C(C)C(=O)O)cc1F. The minimum absolute atomic E-state index is 0.114. The lowest BCUT2D eigenvalue weighted by atomic mass is 10.0. The van der Waals surface area contributed by atoms with Gasteiger partial charge in [0.25, 0.3) is 0 Å². The van der Waals surface area contributed by atoms with E-state index in [4.69, 9.17) is 9.84 Å². The van der Waals surface area contributed by atoms with Crippen LogP contribution in [0.5, 0.6) is 5.75 Å². The van der Waals surface area contributed by atoms with Gasteiger partial charge >= 0.3 is 5.97 Å². The highest BCUT2D eigenvalue weighted by molar-refractivity contribution is 5.75. The quantitative estimate of drug-likeness (QED) is 0.858. The second kappa shape index (κ2) is 4.96. The number of halogens is 1. The summed E-state index contributed by atoms with van der Waals surface area (Å²) in [6.07, 6.45) is -0.114. The summed E-state index contributed by atoms with van der Waals surface area (Å²) in [5.74, 6) is -2.07. The molecule has 1 aromatic rings. The van der Waals surface area contributed by atoms with E-state index in [2.05, 4.69) is 0 Å². The van der Waals surface area contributed by atoms with Crippen LogP contribution in [0, 0.1) is 5.82 Å². The smallest absolute Gasteiger partial charge is 0.310 e. The van der Waals surface area contributed by atoms with Crippen LogP contribution in [0.1, 0.15) is 32.3 Å². The Labute approximate surface area is 93.9 Å². The maximum absolute atomic E-state index is 13.5. The van der Waals surface area contributed by atoms with Gasteiger partial charge in [0.2, 0.25) is 0 Å². The van der Waals surface area contributed by atoms with Crippen molar-refractivity contribution < 1.29 is 19.0 Å². The van der Waals surface area contributed by atoms with Gasteiger partial charge in [-0.3, -0.25) is 4.79 Å². The summed E-state index contributed by atoms with van der Waals surface area (Å²) in [4.78, 5) is 10.7. The monoisotopic (exact) mass is 226 g/mol. The van der Waals surface area contributed by atoms with Crippen molar-refractivity contribution in [1.82, 2.24) is 0 Å². The van der Waals surface area contributed by atoms with E-state index in [-0.39, 0.29) is 11.9 Å². The van der Waals surface area contributed by atoms with E-state index in [0.717, 1.165) is 0 Å². The van der Waals surface area contributed by atoms with E-state index in [1.807, 2.05) is 0 Å². The molecular weight excluding hydrogens is 211 g/mol. The fourth-order valence-electron chi connectivity index (χ4n) is 1.28. The first kappa shape index (κ1) is 12.5. The molecule has 1 atom stereocenters. The number of hydrogen-bond donors (Lipinski definition) is 1. The van der Waals surface area contributed by atoms with Crippen molar-refractivity contribution in [3.05, 3.63) is 29.6 Å².